The van der Waals surface area contributed by atoms with E-state index in [9.17, 15) is 19.5 Å². The van der Waals surface area contributed by atoms with Gasteiger partial charge < -0.3 is 14.6 Å². The molecule has 1 aliphatic rings. The van der Waals surface area contributed by atoms with Crippen molar-refractivity contribution in [1.82, 2.24) is 0 Å². The molecule has 1 saturated heterocycles. The molecule has 7 heteroatoms. The summed E-state index contributed by atoms with van der Waals surface area (Å²) in [7, 11) is 1.52. The van der Waals surface area contributed by atoms with Gasteiger partial charge in [0.2, 0.25) is 11.8 Å². The lowest BCUT2D eigenvalue weighted by molar-refractivity contribution is -0.301. The first kappa shape index (κ1) is 14.4. The van der Waals surface area contributed by atoms with Crippen molar-refractivity contribution in [2.75, 3.05) is 17.8 Å². The van der Waals surface area contributed by atoms with E-state index >= 15 is 0 Å². The zero-order valence-corrected chi connectivity index (χ0v) is 11.5. The molecule has 20 heavy (non-hydrogen) atoms. The third-order valence-corrected chi connectivity index (χ3v) is 4.01. The van der Waals surface area contributed by atoms with Gasteiger partial charge in [-0.15, -0.1) is 11.8 Å². The number of nitrogens with zero attached hydrogens (tertiary/aromatic N) is 1. The minimum Gasteiger partial charge on any atom is -0.549 e. The molecular formula is C13H12NO5S-. The van der Waals surface area contributed by atoms with Gasteiger partial charge in [0.15, 0.2) is 0 Å². The lowest BCUT2D eigenvalue weighted by atomic mass is 10.3. The highest BCUT2D eigenvalue weighted by atomic mass is 32.2. The van der Waals surface area contributed by atoms with Crippen molar-refractivity contribution in [1.29, 1.82) is 0 Å². The van der Waals surface area contributed by atoms with Crippen LogP contribution in [0.25, 0.3) is 0 Å². The van der Waals surface area contributed by atoms with Gasteiger partial charge in [-0.25, -0.2) is 4.90 Å². The molecule has 1 aliphatic heterocycles. The Hall–Kier alpha value is -2.02. The number of thioether (sulfide) groups is 1. The summed E-state index contributed by atoms with van der Waals surface area (Å²) in [5.41, 5.74) is 0.456. The van der Waals surface area contributed by atoms with Gasteiger partial charge in [0.1, 0.15) is 5.75 Å². The average Bonchev–Trinajstić information content (AvgIpc) is 2.71. The highest BCUT2D eigenvalue weighted by molar-refractivity contribution is 8.01. The van der Waals surface area contributed by atoms with Crippen molar-refractivity contribution in [2.24, 2.45) is 0 Å². The molecule has 0 aliphatic carbocycles. The molecule has 0 saturated carbocycles. The number of methoxy groups -OCH3 is 1. The second kappa shape index (κ2) is 5.96. The number of carboxylic acids is 1. The van der Waals surface area contributed by atoms with Crippen LogP contribution in [0.5, 0.6) is 5.75 Å². The van der Waals surface area contributed by atoms with Crippen LogP contribution in [0.1, 0.15) is 6.42 Å². The molecule has 6 nitrogen and oxygen atoms in total. The van der Waals surface area contributed by atoms with Gasteiger partial charge >= 0.3 is 0 Å². The fourth-order valence-corrected chi connectivity index (χ4v) is 2.75. The first-order chi connectivity index (χ1) is 9.52. The molecule has 1 aromatic carbocycles. The summed E-state index contributed by atoms with van der Waals surface area (Å²) >= 11 is 0.911. The van der Waals surface area contributed by atoms with Gasteiger partial charge in [-0.3, -0.25) is 9.59 Å². The highest BCUT2D eigenvalue weighted by Crippen LogP contribution is 2.30. The van der Waals surface area contributed by atoms with Gasteiger partial charge in [-0.1, -0.05) is 0 Å². The second-order valence-corrected chi connectivity index (χ2v) is 5.33. The quantitative estimate of drug-likeness (QED) is 0.700. The zero-order chi connectivity index (χ0) is 14.7. The Morgan fingerprint density at radius 1 is 1.40 bits per heavy atom. The Kier molecular flexibility index (Phi) is 4.29. The summed E-state index contributed by atoms with van der Waals surface area (Å²) in [4.78, 5) is 35.5. The number of anilines is 1. The van der Waals surface area contributed by atoms with Crippen molar-refractivity contribution in [3.8, 4) is 5.75 Å². The Bertz CT molecular complexity index is 542. The van der Waals surface area contributed by atoms with Crippen LogP contribution in [-0.2, 0) is 14.4 Å². The predicted octanol–water partition coefficient (Wildman–Crippen LogP) is -0.190. The Labute approximate surface area is 119 Å². The molecule has 2 rings (SSSR count). The van der Waals surface area contributed by atoms with Gasteiger partial charge in [0.25, 0.3) is 0 Å². The molecule has 2 amide bonds. The van der Waals surface area contributed by atoms with E-state index in [1.807, 2.05) is 0 Å². The number of carbonyl (C=O) groups excluding carboxylic acids is 3. The number of hydrogen-bond acceptors (Lipinski definition) is 6. The van der Waals surface area contributed by atoms with Crippen molar-refractivity contribution < 1.29 is 24.2 Å². The number of amides is 2. The van der Waals surface area contributed by atoms with Crippen LogP contribution < -0.4 is 14.7 Å². The molecule has 0 radical (unpaired) electrons. The van der Waals surface area contributed by atoms with Crippen molar-refractivity contribution in [3.05, 3.63) is 24.3 Å². The Morgan fingerprint density at radius 2 is 2.05 bits per heavy atom. The lowest BCUT2D eigenvalue weighted by Crippen LogP contribution is -2.32. The lowest BCUT2D eigenvalue weighted by Gasteiger charge is -2.15. The third kappa shape index (κ3) is 2.93. The normalized spacial score (nSPS) is 18.4. The van der Waals surface area contributed by atoms with E-state index in [-0.39, 0.29) is 18.1 Å². The summed E-state index contributed by atoms with van der Waals surface area (Å²) in [6.45, 7) is 0. The van der Waals surface area contributed by atoms with Crippen LogP contribution in [0.3, 0.4) is 0 Å². The summed E-state index contributed by atoms with van der Waals surface area (Å²) < 4.78 is 5.01. The highest BCUT2D eigenvalue weighted by Gasteiger charge is 2.39. The average molecular weight is 294 g/mol. The number of carboxylic acid groups (broad SMARTS) is 1. The van der Waals surface area contributed by atoms with E-state index in [0.717, 1.165) is 16.7 Å². The van der Waals surface area contributed by atoms with Crippen LogP contribution >= 0.6 is 11.8 Å². The van der Waals surface area contributed by atoms with E-state index < -0.39 is 17.1 Å². The minimum absolute atomic E-state index is 0.00279. The summed E-state index contributed by atoms with van der Waals surface area (Å²) in [5, 5.41) is 9.75. The number of benzene rings is 1. The monoisotopic (exact) mass is 294 g/mol. The summed E-state index contributed by atoms with van der Waals surface area (Å²) in [6.07, 6.45) is 0.00279. The Morgan fingerprint density at radius 3 is 2.60 bits per heavy atom. The maximum atomic E-state index is 12.1. The molecule has 0 aromatic heterocycles. The number of rotatable bonds is 5. The number of carbonyl (C=O) groups is 3. The number of hydrogen-bond donors (Lipinski definition) is 0. The van der Waals surface area contributed by atoms with E-state index in [1.54, 1.807) is 24.3 Å². The first-order valence-corrected chi connectivity index (χ1v) is 6.90. The predicted molar refractivity (Wildman–Crippen MR) is 71.4 cm³/mol. The fourth-order valence-electron chi connectivity index (χ4n) is 1.91. The molecule has 0 spiro atoms. The molecule has 1 heterocycles. The van der Waals surface area contributed by atoms with E-state index in [4.69, 9.17) is 4.74 Å². The van der Waals surface area contributed by atoms with Gasteiger partial charge in [-0.2, -0.15) is 0 Å². The summed E-state index contributed by atoms with van der Waals surface area (Å²) in [5.74, 6) is -1.67. The maximum absolute atomic E-state index is 12.1. The fraction of sp³-hybridized carbons (Fsp3) is 0.308. The molecule has 0 N–H and O–H groups in total. The van der Waals surface area contributed by atoms with E-state index in [1.165, 1.54) is 7.11 Å². The zero-order valence-electron chi connectivity index (χ0n) is 10.7. The van der Waals surface area contributed by atoms with Crippen LogP contribution in [-0.4, -0.2) is 35.9 Å². The van der Waals surface area contributed by atoms with Crippen molar-refractivity contribution in [2.45, 2.75) is 11.7 Å². The number of aliphatic carboxylic acids is 1. The number of imide groups is 1. The summed E-state index contributed by atoms with van der Waals surface area (Å²) in [6, 6.07) is 6.52. The number of ether oxygens (including phenoxy) is 1. The van der Waals surface area contributed by atoms with Crippen molar-refractivity contribution in [3.63, 3.8) is 0 Å². The molecule has 0 bridgehead atoms. The third-order valence-electron chi connectivity index (χ3n) is 2.84. The molecule has 106 valence electrons. The first-order valence-electron chi connectivity index (χ1n) is 5.85. The standard InChI is InChI=1S/C13H13NO5S/c1-19-9-4-2-8(3-5-9)14-11(15)6-10(13(14)18)20-7-12(16)17/h2-5,10H,6-7H2,1H3,(H,16,17)/p-1/t10-/m1/s1. The Balaban J connectivity index is 2.13. The SMILES string of the molecule is COc1ccc(N2C(=O)C[C@@H](SCC(=O)[O-])C2=O)cc1. The molecule has 1 aromatic rings. The van der Waals surface area contributed by atoms with Crippen molar-refractivity contribution >= 4 is 35.2 Å². The molecule has 1 atom stereocenters. The second-order valence-electron chi connectivity index (χ2n) is 4.14. The van der Waals surface area contributed by atoms with Gasteiger partial charge in [-0.05, 0) is 24.3 Å². The molecule has 0 unspecified atom stereocenters. The maximum Gasteiger partial charge on any atom is 0.247 e. The largest absolute Gasteiger partial charge is 0.549 e. The van der Waals surface area contributed by atoms with Gasteiger partial charge in [0.05, 0.1) is 24.0 Å². The van der Waals surface area contributed by atoms with Crippen LogP contribution in [0.4, 0.5) is 5.69 Å². The minimum atomic E-state index is -1.25. The molecular weight excluding hydrogens is 282 g/mol. The van der Waals surface area contributed by atoms with E-state index in [0.29, 0.717) is 11.4 Å². The van der Waals surface area contributed by atoms with E-state index in [2.05, 4.69) is 0 Å². The van der Waals surface area contributed by atoms with Crippen LogP contribution in [0.2, 0.25) is 0 Å². The molecule has 1 fully saturated rings. The smallest absolute Gasteiger partial charge is 0.247 e. The topological polar surface area (TPSA) is 86.7 Å². The van der Waals surface area contributed by atoms with Crippen LogP contribution in [0.15, 0.2) is 24.3 Å². The van der Waals surface area contributed by atoms with Gasteiger partial charge in [0, 0.05) is 12.2 Å². The van der Waals surface area contributed by atoms with Crippen LogP contribution in [0, 0.1) is 0 Å².